The summed E-state index contributed by atoms with van der Waals surface area (Å²) in [7, 11) is 0. The number of benzene rings is 1. The fourth-order valence-electron chi connectivity index (χ4n) is 2.09. The number of rotatable bonds is 5. The van der Waals surface area contributed by atoms with Crippen molar-refractivity contribution in [2.24, 2.45) is 0 Å². The van der Waals surface area contributed by atoms with E-state index >= 15 is 0 Å². The number of anilines is 1. The maximum Gasteiger partial charge on any atom is 0.262 e. The van der Waals surface area contributed by atoms with Gasteiger partial charge in [-0.15, -0.1) is 0 Å². The number of nitrogens with one attached hydrogen (secondary N) is 1. The van der Waals surface area contributed by atoms with Crippen LogP contribution in [0.2, 0.25) is 0 Å². The summed E-state index contributed by atoms with van der Waals surface area (Å²) in [4.78, 5) is 11.4. The van der Waals surface area contributed by atoms with Crippen LogP contribution in [0.1, 0.15) is 31.4 Å². The minimum absolute atomic E-state index is 0.0583. The zero-order valence-electron chi connectivity index (χ0n) is 10.9. The van der Waals surface area contributed by atoms with E-state index in [4.69, 9.17) is 14.2 Å². The van der Waals surface area contributed by atoms with E-state index in [9.17, 15) is 4.79 Å². The lowest BCUT2D eigenvalue weighted by Gasteiger charge is -2.21. The minimum Gasteiger partial charge on any atom is -0.494 e. The SMILES string of the molecule is CCCCOc1cc2c(c([C@@H]3CO3)c1)OCC(=O)N2. The van der Waals surface area contributed by atoms with Gasteiger partial charge in [-0.25, -0.2) is 0 Å². The molecule has 0 unspecified atom stereocenters. The molecule has 2 aliphatic rings. The van der Waals surface area contributed by atoms with Gasteiger partial charge in [0.15, 0.2) is 6.61 Å². The van der Waals surface area contributed by atoms with Gasteiger partial charge < -0.3 is 19.5 Å². The molecule has 1 atom stereocenters. The second kappa shape index (κ2) is 5.09. The summed E-state index contributed by atoms with van der Waals surface area (Å²) >= 11 is 0. The van der Waals surface area contributed by atoms with Crippen LogP contribution in [-0.2, 0) is 9.53 Å². The summed E-state index contributed by atoms with van der Waals surface area (Å²) in [6, 6.07) is 3.76. The quantitative estimate of drug-likeness (QED) is 0.654. The van der Waals surface area contributed by atoms with E-state index in [0.29, 0.717) is 24.7 Å². The highest BCUT2D eigenvalue weighted by molar-refractivity contribution is 5.96. The van der Waals surface area contributed by atoms with Crippen LogP contribution in [0.4, 0.5) is 5.69 Å². The molecule has 0 aromatic heterocycles. The Hall–Kier alpha value is -1.75. The Morgan fingerprint density at radius 1 is 1.47 bits per heavy atom. The standard InChI is InChI=1S/C14H17NO4/c1-2-3-4-17-9-5-10(12-7-18-12)14-11(6-9)15-13(16)8-19-14/h5-6,12H,2-4,7-8H2,1H3,(H,15,16)/t12-/m0/s1. The van der Waals surface area contributed by atoms with Crippen molar-refractivity contribution in [1.29, 1.82) is 0 Å². The van der Waals surface area contributed by atoms with E-state index in [1.165, 1.54) is 0 Å². The lowest BCUT2D eigenvalue weighted by atomic mass is 10.1. The molecule has 5 heteroatoms. The predicted octanol–water partition coefficient (Wildman–Crippen LogP) is 2.27. The van der Waals surface area contributed by atoms with Gasteiger partial charge in [0.25, 0.3) is 5.91 Å². The summed E-state index contributed by atoms with van der Waals surface area (Å²) in [5, 5.41) is 2.81. The van der Waals surface area contributed by atoms with Crippen molar-refractivity contribution >= 4 is 11.6 Å². The number of unbranched alkanes of at least 4 members (excludes halogenated alkanes) is 1. The van der Waals surface area contributed by atoms with Crippen molar-refractivity contribution in [1.82, 2.24) is 0 Å². The number of amides is 1. The first-order valence-corrected chi connectivity index (χ1v) is 6.63. The number of fused-ring (bicyclic) bond motifs is 1. The van der Waals surface area contributed by atoms with E-state index in [2.05, 4.69) is 12.2 Å². The summed E-state index contributed by atoms with van der Waals surface area (Å²) in [5.74, 6) is 1.33. The zero-order valence-corrected chi connectivity index (χ0v) is 10.9. The van der Waals surface area contributed by atoms with E-state index in [-0.39, 0.29) is 18.6 Å². The monoisotopic (exact) mass is 263 g/mol. The molecule has 1 N–H and O–H groups in total. The normalized spacial score (nSPS) is 20.3. The van der Waals surface area contributed by atoms with Crippen LogP contribution in [0, 0.1) is 0 Å². The molecule has 1 aromatic carbocycles. The van der Waals surface area contributed by atoms with Crippen molar-refractivity contribution in [3.05, 3.63) is 17.7 Å². The Balaban J connectivity index is 1.87. The van der Waals surface area contributed by atoms with Crippen molar-refractivity contribution < 1.29 is 19.0 Å². The van der Waals surface area contributed by atoms with Crippen LogP contribution in [0.15, 0.2) is 12.1 Å². The van der Waals surface area contributed by atoms with Crippen LogP contribution in [0.3, 0.4) is 0 Å². The van der Waals surface area contributed by atoms with Crippen molar-refractivity contribution in [2.45, 2.75) is 25.9 Å². The number of epoxide rings is 1. The molecule has 3 rings (SSSR count). The Morgan fingerprint density at radius 3 is 3.05 bits per heavy atom. The second-order valence-corrected chi connectivity index (χ2v) is 4.75. The highest BCUT2D eigenvalue weighted by Gasteiger charge is 2.32. The third-order valence-corrected chi connectivity index (χ3v) is 3.16. The summed E-state index contributed by atoms with van der Waals surface area (Å²) < 4.78 is 16.5. The molecule has 1 saturated heterocycles. The minimum atomic E-state index is -0.138. The third kappa shape index (κ3) is 2.66. The lowest BCUT2D eigenvalue weighted by Crippen LogP contribution is -2.26. The zero-order chi connectivity index (χ0) is 13.2. The predicted molar refractivity (Wildman–Crippen MR) is 69.7 cm³/mol. The molecule has 2 heterocycles. The Labute approximate surface area is 111 Å². The molecule has 1 amide bonds. The van der Waals surface area contributed by atoms with Gasteiger partial charge in [-0.3, -0.25) is 4.79 Å². The van der Waals surface area contributed by atoms with Gasteiger partial charge in [0.2, 0.25) is 0 Å². The highest BCUT2D eigenvalue weighted by Crippen LogP contribution is 2.44. The first-order chi connectivity index (χ1) is 9.28. The van der Waals surface area contributed by atoms with E-state index < -0.39 is 0 Å². The first kappa shape index (κ1) is 12.3. The molecule has 102 valence electrons. The Morgan fingerprint density at radius 2 is 2.32 bits per heavy atom. The van der Waals surface area contributed by atoms with Crippen LogP contribution < -0.4 is 14.8 Å². The van der Waals surface area contributed by atoms with Crippen molar-refractivity contribution in [3.63, 3.8) is 0 Å². The Bertz CT molecular complexity index is 496. The number of hydrogen-bond acceptors (Lipinski definition) is 4. The van der Waals surface area contributed by atoms with E-state index in [1.54, 1.807) is 0 Å². The van der Waals surface area contributed by atoms with E-state index in [1.807, 2.05) is 12.1 Å². The van der Waals surface area contributed by atoms with Crippen LogP contribution in [-0.4, -0.2) is 25.7 Å². The van der Waals surface area contributed by atoms with Gasteiger partial charge in [0.05, 0.1) is 18.9 Å². The molecular formula is C14H17NO4. The van der Waals surface area contributed by atoms with Crippen LogP contribution >= 0.6 is 0 Å². The smallest absolute Gasteiger partial charge is 0.262 e. The summed E-state index contributed by atoms with van der Waals surface area (Å²) in [5.41, 5.74) is 1.64. The Kier molecular flexibility index (Phi) is 3.29. The molecule has 2 aliphatic heterocycles. The highest BCUT2D eigenvalue weighted by atomic mass is 16.6. The van der Waals surface area contributed by atoms with Crippen LogP contribution in [0.25, 0.3) is 0 Å². The van der Waals surface area contributed by atoms with Gasteiger partial charge in [-0.1, -0.05) is 13.3 Å². The molecule has 0 bridgehead atoms. The second-order valence-electron chi connectivity index (χ2n) is 4.75. The van der Waals surface area contributed by atoms with Gasteiger partial charge in [-0.2, -0.15) is 0 Å². The molecule has 0 saturated carbocycles. The molecule has 19 heavy (non-hydrogen) atoms. The topological polar surface area (TPSA) is 60.1 Å². The van der Waals surface area contributed by atoms with Gasteiger partial charge in [0.1, 0.15) is 17.6 Å². The van der Waals surface area contributed by atoms with Crippen LogP contribution in [0.5, 0.6) is 11.5 Å². The molecule has 1 fully saturated rings. The largest absolute Gasteiger partial charge is 0.494 e. The molecule has 0 radical (unpaired) electrons. The van der Waals surface area contributed by atoms with Gasteiger partial charge in [-0.05, 0) is 12.5 Å². The fourth-order valence-corrected chi connectivity index (χ4v) is 2.09. The number of carbonyl (C=O) groups is 1. The maximum absolute atomic E-state index is 11.4. The van der Waals surface area contributed by atoms with Gasteiger partial charge >= 0.3 is 0 Å². The molecule has 5 nitrogen and oxygen atoms in total. The number of ether oxygens (including phenoxy) is 3. The third-order valence-electron chi connectivity index (χ3n) is 3.16. The van der Waals surface area contributed by atoms with Crippen molar-refractivity contribution in [2.75, 3.05) is 25.1 Å². The maximum atomic E-state index is 11.4. The van der Waals surface area contributed by atoms with E-state index in [0.717, 1.165) is 24.2 Å². The fraction of sp³-hybridized carbons (Fsp3) is 0.500. The molecule has 1 aromatic rings. The lowest BCUT2D eigenvalue weighted by molar-refractivity contribution is -0.118. The summed E-state index contributed by atoms with van der Waals surface area (Å²) in [6.07, 6.45) is 2.16. The molecule has 0 aliphatic carbocycles. The van der Waals surface area contributed by atoms with Crippen molar-refractivity contribution in [3.8, 4) is 11.5 Å². The number of carbonyl (C=O) groups excluding carboxylic acids is 1. The van der Waals surface area contributed by atoms with Gasteiger partial charge in [0, 0.05) is 11.6 Å². The molecular weight excluding hydrogens is 246 g/mol. The average Bonchev–Trinajstić information content (AvgIpc) is 3.22. The molecule has 0 spiro atoms. The average molecular weight is 263 g/mol. The summed E-state index contributed by atoms with van der Waals surface area (Å²) in [6.45, 7) is 3.55. The number of hydrogen-bond donors (Lipinski definition) is 1. The first-order valence-electron chi connectivity index (χ1n) is 6.63.